The third-order valence-electron chi connectivity index (χ3n) is 7.74. The minimum atomic E-state index is -0.794. The fourth-order valence-corrected chi connectivity index (χ4v) is 5.41. The molecule has 0 aliphatic heterocycles. The van der Waals surface area contributed by atoms with Gasteiger partial charge in [-0.1, -0.05) is 157 Å². The van der Waals surface area contributed by atoms with Crippen LogP contribution in [0.4, 0.5) is 17.1 Å². The number of hydrogen-bond donors (Lipinski definition) is 0. The summed E-state index contributed by atoms with van der Waals surface area (Å²) in [6.45, 7) is 0. The Kier molecular flexibility index (Phi) is 4.42. The van der Waals surface area contributed by atoms with Crippen molar-refractivity contribution in [2.24, 2.45) is 0 Å². The summed E-state index contributed by atoms with van der Waals surface area (Å²) in [5.74, 6) is 0. The van der Waals surface area contributed by atoms with Crippen LogP contribution in [0.5, 0.6) is 0 Å². The lowest BCUT2D eigenvalue weighted by molar-refractivity contribution is 1.28. The Hall–Kier alpha value is -6.18. The number of nitrogens with zero attached hydrogens (tertiary/aromatic N) is 1. The second kappa shape index (κ2) is 12.7. The van der Waals surface area contributed by atoms with Gasteiger partial charge in [0.25, 0.3) is 0 Å². The SMILES string of the molecule is [2H]c1c([2H])c([2H])c(-c2c([2H])c([2H])c([2H])c3c([2H])c(-c4c([2H])c([2H])c(N(c5ccc(-c6ccccc6)cc5)c5ccc(-c6ccccc6)cc5)c([2H])c4[2H])c([2H])c([2H])c23)c([2H])c1[2H]. The first kappa shape index (κ1) is 16.4. The third-order valence-corrected chi connectivity index (χ3v) is 7.74. The maximum absolute atomic E-state index is 9.43. The molecular weight excluding hydrogens is 567 g/mol. The van der Waals surface area contributed by atoms with Crippen molar-refractivity contribution in [1.82, 2.24) is 0 Å². The molecule has 0 unspecified atom stereocenters. The summed E-state index contributed by atoms with van der Waals surface area (Å²) < 4.78 is 133. The average molecular weight is 615 g/mol. The second-order valence-corrected chi connectivity index (χ2v) is 10.6. The Labute approximate surface area is 297 Å². The Morgan fingerprint density at radius 1 is 0.340 bits per heavy atom. The van der Waals surface area contributed by atoms with Gasteiger partial charge in [0.1, 0.15) is 0 Å². The van der Waals surface area contributed by atoms with E-state index >= 15 is 0 Å². The number of fused-ring (bicyclic) bond motifs is 1. The van der Waals surface area contributed by atoms with Gasteiger partial charge in [0.15, 0.2) is 0 Å². The van der Waals surface area contributed by atoms with Crippen molar-refractivity contribution in [3.05, 3.63) is 200 Å². The third kappa shape index (κ3) is 5.83. The zero-order valence-electron chi connectivity index (χ0n) is 39.8. The van der Waals surface area contributed by atoms with Crippen molar-refractivity contribution >= 4 is 27.8 Å². The van der Waals surface area contributed by atoms with E-state index in [0.29, 0.717) is 11.4 Å². The fourth-order valence-electron chi connectivity index (χ4n) is 5.41. The second-order valence-electron chi connectivity index (χ2n) is 10.6. The van der Waals surface area contributed by atoms with Gasteiger partial charge in [-0.2, -0.15) is 0 Å². The molecule has 8 aromatic carbocycles. The summed E-state index contributed by atoms with van der Waals surface area (Å²) in [6.07, 6.45) is 0. The lowest BCUT2D eigenvalue weighted by Crippen LogP contribution is -2.09. The molecule has 1 heteroatoms. The summed E-state index contributed by atoms with van der Waals surface area (Å²) in [4.78, 5) is 1.59. The van der Waals surface area contributed by atoms with Gasteiger partial charge in [-0.3, -0.25) is 0 Å². The molecule has 0 aliphatic carbocycles. The van der Waals surface area contributed by atoms with Crippen LogP contribution < -0.4 is 4.90 Å². The van der Waals surface area contributed by atoms with Crippen LogP contribution in [0.15, 0.2) is 200 Å². The maximum Gasteiger partial charge on any atom is 0.0645 e. The first-order chi connectivity index (χ1) is 29.6. The van der Waals surface area contributed by atoms with Crippen molar-refractivity contribution in [1.29, 1.82) is 0 Å². The first-order valence-electron chi connectivity index (χ1n) is 22.4. The van der Waals surface area contributed by atoms with Gasteiger partial charge in [0.05, 0.1) is 20.6 Å². The molecular formula is C46H33N. The highest BCUT2D eigenvalue weighted by Gasteiger charge is 2.14. The zero-order chi connectivity index (χ0) is 44.5. The van der Waals surface area contributed by atoms with Gasteiger partial charge >= 0.3 is 0 Å². The molecule has 0 aromatic heterocycles. The summed E-state index contributed by atoms with van der Waals surface area (Å²) in [5.41, 5.74) is 2.43. The van der Waals surface area contributed by atoms with Gasteiger partial charge in [0.2, 0.25) is 0 Å². The number of rotatable bonds is 7. The van der Waals surface area contributed by atoms with E-state index in [1.54, 1.807) is 29.2 Å². The van der Waals surface area contributed by atoms with E-state index in [1.807, 2.05) is 84.9 Å². The molecule has 0 aliphatic rings. The minimum Gasteiger partial charge on any atom is -0.311 e. The predicted octanol–water partition coefficient (Wildman–Crippen LogP) is 13.0. The summed E-state index contributed by atoms with van der Waals surface area (Å²) in [6, 6.07) is 23.3. The molecule has 0 heterocycles. The lowest BCUT2D eigenvalue weighted by Gasteiger charge is -2.26. The minimum absolute atomic E-state index is 0.148. The largest absolute Gasteiger partial charge is 0.311 e. The van der Waals surface area contributed by atoms with Crippen LogP contribution in [0.1, 0.15) is 20.6 Å². The molecule has 0 radical (unpaired) electrons. The molecule has 0 saturated carbocycles. The molecule has 0 amide bonds. The highest BCUT2D eigenvalue weighted by Crippen LogP contribution is 2.38. The molecule has 8 aromatic rings. The van der Waals surface area contributed by atoms with E-state index in [4.69, 9.17) is 11.0 Å². The molecule has 222 valence electrons. The summed E-state index contributed by atoms with van der Waals surface area (Å²) >= 11 is 0. The average Bonchev–Trinajstić information content (AvgIpc) is 3.29. The number of hydrogen-bond acceptors (Lipinski definition) is 1. The molecule has 8 rings (SSSR count). The Morgan fingerprint density at radius 2 is 0.872 bits per heavy atom. The van der Waals surface area contributed by atoms with Crippen LogP contribution in [0.25, 0.3) is 55.3 Å². The van der Waals surface area contributed by atoms with Crippen molar-refractivity contribution in [2.75, 3.05) is 4.90 Å². The number of anilines is 3. The molecule has 47 heavy (non-hydrogen) atoms. The Balaban J connectivity index is 1.37. The first-order valence-corrected chi connectivity index (χ1v) is 14.9. The van der Waals surface area contributed by atoms with E-state index < -0.39 is 124 Å². The van der Waals surface area contributed by atoms with E-state index in [9.17, 15) is 9.60 Å². The van der Waals surface area contributed by atoms with Crippen LogP contribution >= 0.6 is 0 Å². The van der Waals surface area contributed by atoms with Crippen LogP contribution in [-0.4, -0.2) is 0 Å². The van der Waals surface area contributed by atoms with Gasteiger partial charge in [-0.05, 0) is 97.7 Å². The normalized spacial score (nSPS) is 15.4. The molecule has 0 atom stereocenters. The van der Waals surface area contributed by atoms with Crippen molar-refractivity contribution < 1.29 is 20.6 Å². The molecule has 0 bridgehead atoms. The monoisotopic (exact) mass is 614 g/mol. The van der Waals surface area contributed by atoms with E-state index in [0.717, 1.165) is 22.3 Å². The molecule has 0 spiro atoms. The Morgan fingerprint density at radius 3 is 1.45 bits per heavy atom. The molecule has 0 N–H and O–H groups in total. The lowest BCUT2D eigenvalue weighted by atomic mass is 9.95. The zero-order valence-corrected chi connectivity index (χ0v) is 24.8. The predicted molar refractivity (Wildman–Crippen MR) is 200 cm³/mol. The fraction of sp³-hybridized carbons (Fsp3) is 0. The maximum atomic E-state index is 9.43. The van der Waals surface area contributed by atoms with Crippen molar-refractivity contribution in [3.63, 3.8) is 0 Å². The van der Waals surface area contributed by atoms with E-state index in [1.165, 1.54) is 0 Å². The van der Waals surface area contributed by atoms with Crippen LogP contribution in [-0.2, 0) is 0 Å². The molecule has 0 fully saturated rings. The standard InChI is InChI=1S/C46H33N/c1-4-11-34(12-5-1)36-19-26-42(27-20-36)47(43-28-21-37(22-29-43)35-13-6-2-7-14-35)44-30-23-38(24-31-44)40-25-32-46-41(33-40)17-10-18-45(46)39-15-8-3-9-16-39/h1-33H/i3D,8D,9D,10D,15D,16D,17D,18D,23D,24D,25D,30D,31D,32D,33D. The van der Waals surface area contributed by atoms with Crippen LogP contribution in [0.3, 0.4) is 0 Å². The van der Waals surface area contributed by atoms with Crippen LogP contribution in [0.2, 0.25) is 0 Å². The quantitative estimate of drug-likeness (QED) is 0.173. The van der Waals surface area contributed by atoms with E-state index in [2.05, 4.69) is 0 Å². The topological polar surface area (TPSA) is 3.24 Å². The highest BCUT2D eigenvalue weighted by molar-refractivity contribution is 5.98. The Bertz CT molecular complexity index is 2960. The van der Waals surface area contributed by atoms with Crippen molar-refractivity contribution in [2.45, 2.75) is 0 Å². The van der Waals surface area contributed by atoms with Gasteiger partial charge < -0.3 is 4.90 Å². The highest BCUT2D eigenvalue weighted by atomic mass is 15.1. The molecule has 0 saturated heterocycles. The van der Waals surface area contributed by atoms with Gasteiger partial charge in [-0.15, -0.1) is 0 Å². The summed E-state index contributed by atoms with van der Waals surface area (Å²) in [7, 11) is 0. The van der Waals surface area contributed by atoms with Gasteiger partial charge in [0, 0.05) is 17.1 Å². The molecule has 1 nitrogen and oxygen atoms in total. The van der Waals surface area contributed by atoms with Gasteiger partial charge in [-0.25, -0.2) is 0 Å². The van der Waals surface area contributed by atoms with E-state index in [-0.39, 0.29) is 5.69 Å². The van der Waals surface area contributed by atoms with Crippen molar-refractivity contribution in [3.8, 4) is 44.5 Å². The summed E-state index contributed by atoms with van der Waals surface area (Å²) in [5, 5.41) is -0.965. The smallest absolute Gasteiger partial charge is 0.0645 e. The van der Waals surface area contributed by atoms with Crippen LogP contribution in [0, 0.1) is 0 Å². The number of benzene rings is 8.